The molecule has 0 saturated carbocycles. The predicted molar refractivity (Wildman–Crippen MR) is 93.7 cm³/mol. The van der Waals surface area contributed by atoms with E-state index in [1.807, 2.05) is 0 Å². The molecule has 1 aromatic carbocycles. The second kappa shape index (κ2) is 7.14. The van der Waals surface area contributed by atoms with E-state index in [1.165, 1.54) is 28.9 Å². The Morgan fingerprint density at radius 3 is 2.58 bits per heavy atom. The molecule has 0 spiro atoms. The van der Waals surface area contributed by atoms with Crippen molar-refractivity contribution in [3.63, 3.8) is 0 Å². The topological polar surface area (TPSA) is 115 Å². The molecule has 0 atom stereocenters. The van der Waals surface area contributed by atoms with Crippen LogP contribution in [0.25, 0.3) is 0 Å². The second-order valence-electron chi connectivity index (χ2n) is 5.29. The van der Waals surface area contributed by atoms with Crippen molar-refractivity contribution in [2.75, 3.05) is 5.32 Å². The molecule has 0 aliphatic carbocycles. The van der Waals surface area contributed by atoms with Crippen LogP contribution in [0.5, 0.6) is 0 Å². The summed E-state index contributed by atoms with van der Waals surface area (Å²) in [6.45, 7) is 0.255. The molecule has 0 radical (unpaired) electrons. The minimum Gasteiger partial charge on any atom is -0.478 e. The van der Waals surface area contributed by atoms with Gasteiger partial charge in [0.25, 0.3) is 5.91 Å². The van der Waals surface area contributed by atoms with Gasteiger partial charge in [0.15, 0.2) is 5.69 Å². The summed E-state index contributed by atoms with van der Waals surface area (Å²) in [6.07, 6.45) is 2.63. The average molecular weight is 395 g/mol. The van der Waals surface area contributed by atoms with E-state index in [2.05, 4.69) is 20.5 Å². The normalized spacial score (nSPS) is 10.7. The number of anilines is 1. The van der Waals surface area contributed by atoms with E-state index >= 15 is 0 Å². The van der Waals surface area contributed by atoms with Crippen molar-refractivity contribution in [3.05, 3.63) is 57.6 Å². The second-order valence-corrected chi connectivity index (χ2v) is 6.10. The highest BCUT2D eigenvalue weighted by Crippen LogP contribution is 2.24. The first-order chi connectivity index (χ1) is 12.3. The van der Waals surface area contributed by atoms with Gasteiger partial charge in [-0.3, -0.25) is 14.8 Å². The summed E-state index contributed by atoms with van der Waals surface area (Å²) >= 11 is 12.2. The first kappa shape index (κ1) is 17.9. The number of aromatic carboxylic acids is 1. The SMILES string of the molecule is Cn1cc(C(=O)O)c(C(=O)Nc2ncn(Cc3c(Cl)cccc3Cl)n2)n1. The number of rotatable bonds is 5. The number of carboxylic acids is 1. The number of nitrogens with one attached hydrogen (secondary N) is 1. The van der Waals surface area contributed by atoms with Gasteiger partial charge in [0.1, 0.15) is 11.9 Å². The van der Waals surface area contributed by atoms with Crippen LogP contribution in [0.1, 0.15) is 26.4 Å². The van der Waals surface area contributed by atoms with Gasteiger partial charge < -0.3 is 5.11 Å². The molecule has 134 valence electrons. The van der Waals surface area contributed by atoms with Crippen molar-refractivity contribution >= 4 is 41.0 Å². The monoisotopic (exact) mass is 394 g/mol. The highest BCUT2D eigenvalue weighted by atomic mass is 35.5. The standard InChI is InChI=1S/C15H12Cl2N6O3/c1-22-5-9(14(25)26)12(20-22)13(24)19-15-18-7-23(21-15)6-8-10(16)3-2-4-11(8)17/h2-5,7H,6H2,1H3,(H,25,26)(H,19,21,24). The summed E-state index contributed by atoms with van der Waals surface area (Å²) in [5, 5.41) is 20.5. The maximum atomic E-state index is 12.2. The number of hydrogen-bond acceptors (Lipinski definition) is 5. The number of aryl methyl sites for hydroxylation is 1. The lowest BCUT2D eigenvalue weighted by atomic mass is 10.2. The first-order valence-corrected chi connectivity index (χ1v) is 8.01. The zero-order valence-corrected chi connectivity index (χ0v) is 14.9. The smallest absolute Gasteiger partial charge is 0.339 e. The van der Waals surface area contributed by atoms with Crippen LogP contribution in [0, 0.1) is 0 Å². The van der Waals surface area contributed by atoms with Crippen LogP contribution < -0.4 is 5.32 Å². The van der Waals surface area contributed by atoms with Crippen LogP contribution in [-0.2, 0) is 13.6 Å². The third-order valence-corrected chi connectivity index (χ3v) is 4.13. The molecule has 0 fully saturated rings. The number of nitrogens with zero attached hydrogens (tertiary/aromatic N) is 5. The first-order valence-electron chi connectivity index (χ1n) is 7.25. The third kappa shape index (κ3) is 3.68. The summed E-state index contributed by atoms with van der Waals surface area (Å²) in [6, 6.07) is 5.14. The molecule has 26 heavy (non-hydrogen) atoms. The van der Waals surface area contributed by atoms with Crippen molar-refractivity contribution < 1.29 is 14.7 Å². The van der Waals surface area contributed by atoms with Crippen LogP contribution in [-0.4, -0.2) is 41.5 Å². The van der Waals surface area contributed by atoms with Gasteiger partial charge in [-0.15, -0.1) is 5.10 Å². The Balaban J connectivity index is 1.77. The fraction of sp³-hybridized carbons (Fsp3) is 0.133. The summed E-state index contributed by atoms with van der Waals surface area (Å²) in [4.78, 5) is 27.4. The van der Waals surface area contributed by atoms with Crippen LogP contribution in [0.3, 0.4) is 0 Å². The van der Waals surface area contributed by atoms with E-state index in [0.717, 1.165) is 0 Å². The van der Waals surface area contributed by atoms with E-state index in [0.29, 0.717) is 15.6 Å². The molecule has 2 aromatic heterocycles. The van der Waals surface area contributed by atoms with Crippen LogP contribution in [0.4, 0.5) is 5.95 Å². The van der Waals surface area contributed by atoms with Crippen molar-refractivity contribution in [1.82, 2.24) is 24.5 Å². The van der Waals surface area contributed by atoms with Crippen molar-refractivity contribution in [2.24, 2.45) is 7.05 Å². The number of carbonyl (C=O) groups is 2. The van der Waals surface area contributed by atoms with Gasteiger partial charge in [0, 0.05) is 28.9 Å². The molecule has 3 rings (SSSR count). The van der Waals surface area contributed by atoms with Gasteiger partial charge in [-0.1, -0.05) is 29.3 Å². The minimum atomic E-state index is -1.25. The lowest BCUT2D eigenvalue weighted by Crippen LogP contribution is -2.17. The molecule has 3 aromatic rings. The van der Waals surface area contributed by atoms with Crippen molar-refractivity contribution in [1.29, 1.82) is 0 Å². The number of halogens is 2. The zero-order chi connectivity index (χ0) is 18.8. The van der Waals surface area contributed by atoms with Crippen LogP contribution in [0.2, 0.25) is 10.0 Å². The highest BCUT2D eigenvalue weighted by Gasteiger charge is 2.22. The van der Waals surface area contributed by atoms with Crippen molar-refractivity contribution in [3.8, 4) is 0 Å². The summed E-state index contributed by atoms with van der Waals surface area (Å²) in [5.41, 5.74) is 0.217. The number of hydrogen-bond donors (Lipinski definition) is 2. The van der Waals surface area contributed by atoms with E-state index in [1.54, 1.807) is 18.2 Å². The van der Waals surface area contributed by atoms with Crippen LogP contribution in [0.15, 0.2) is 30.7 Å². The minimum absolute atomic E-state index is 0.000155. The van der Waals surface area contributed by atoms with E-state index in [4.69, 9.17) is 28.3 Å². The quantitative estimate of drug-likeness (QED) is 0.685. The average Bonchev–Trinajstić information content (AvgIpc) is 3.17. The van der Waals surface area contributed by atoms with Gasteiger partial charge in [0.05, 0.1) is 6.54 Å². The molecule has 0 unspecified atom stereocenters. The fourth-order valence-electron chi connectivity index (χ4n) is 2.25. The molecule has 0 aliphatic heterocycles. The third-order valence-electron chi connectivity index (χ3n) is 3.42. The lowest BCUT2D eigenvalue weighted by molar-refractivity contribution is 0.0692. The fourth-order valence-corrected chi connectivity index (χ4v) is 2.76. The van der Waals surface area contributed by atoms with E-state index in [9.17, 15) is 9.59 Å². The Morgan fingerprint density at radius 1 is 1.23 bits per heavy atom. The number of amides is 1. The Labute approximate surface area is 157 Å². The van der Waals surface area contributed by atoms with Gasteiger partial charge >= 0.3 is 5.97 Å². The summed E-state index contributed by atoms with van der Waals surface area (Å²) in [7, 11) is 1.52. The molecule has 2 N–H and O–H groups in total. The Kier molecular flexibility index (Phi) is 4.92. The van der Waals surface area contributed by atoms with Gasteiger partial charge in [-0.2, -0.15) is 5.10 Å². The molecule has 0 saturated heterocycles. The number of benzene rings is 1. The maximum Gasteiger partial charge on any atom is 0.339 e. The molecule has 0 aliphatic rings. The zero-order valence-electron chi connectivity index (χ0n) is 13.3. The molecule has 2 heterocycles. The Morgan fingerprint density at radius 2 is 1.92 bits per heavy atom. The maximum absolute atomic E-state index is 12.2. The van der Waals surface area contributed by atoms with Gasteiger partial charge in [-0.25, -0.2) is 14.5 Å². The Bertz CT molecular complexity index is 977. The molecule has 11 heteroatoms. The molecular formula is C15H12Cl2N6O3. The summed E-state index contributed by atoms with van der Waals surface area (Å²) in [5.74, 6) is -1.98. The number of carbonyl (C=O) groups excluding carboxylic acids is 1. The summed E-state index contributed by atoms with van der Waals surface area (Å²) < 4.78 is 2.68. The van der Waals surface area contributed by atoms with Gasteiger partial charge in [-0.05, 0) is 12.1 Å². The largest absolute Gasteiger partial charge is 0.478 e. The predicted octanol–water partition coefficient (Wildman–Crippen LogP) is 2.32. The van der Waals surface area contributed by atoms with Crippen LogP contribution >= 0.6 is 23.2 Å². The number of carboxylic acid groups (broad SMARTS) is 1. The van der Waals surface area contributed by atoms with Crippen molar-refractivity contribution in [2.45, 2.75) is 6.54 Å². The molecule has 1 amide bonds. The Hall–Kier alpha value is -2.91. The molecule has 9 nitrogen and oxygen atoms in total. The molecule has 0 bridgehead atoms. The van der Waals surface area contributed by atoms with E-state index < -0.39 is 11.9 Å². The van der Waals surface area contributed by atoms with Gasteiger partial charge in [0.2, 0.25) is 5.95 Å². The lowest BCUT2D eigenvalue weighted by Gasteiger charge is -2.06. The number of aromatic nitrogens is 5. The highest BCUT2D eigenvalue weighted by molar-refractivity contribution is 6.35. The van der Waals surface area contributed by atoms with E-state index in [-0.39, 0.29) is 23.8 Å². The molecular weight excluding hydrogens is 383 g/mol.